The zero-order valence-corrected chi connectivity index (χ0v) is 12.7. The number of benzene rings is 1. The largest absolute Gasteiger partial charge is 0.482 e. The SMILES string of the molecule is CNC[C@H]1CCCN(C(=O)c2ccc3c(c2)NC(=O)CO3)C1. The van der Waals surface area contributed by atoms with Crippen molar-refractivity contribution >= 4 is 17.5 Å². The number of nitrogens with one attached hydrogen (secondary N) is 2. The molecule has 1 fully saturated rings. The van der Waals surface area contributed by atoms with E-state index in [1.165, 1.54) is 0 Å². The number of nitrogens with zero attached hydrogens (tertiary/aromatic N) is 1. The number of piperidine rings is 1. The van der Waals surface area contributed by atoms with Crippen LogP contribution in [0.3, 0.4) is 0 Å². The molecule has 1 atom stereocenters. The van der Waals surface area contributed by atoms with Gasteiger partial charge in [0.25, 0.3) is 11.8 Å². The number of carbonyl (C=O) groups excluding carboxylic acids is 2. The van der Waals surface area contributed by atoms with Gasteiger partial charge in [0, 0.05) is 18.7 Å². The average molecular weight is 303 g/mol. The molecule has 1 saturated heterocycles. The number of rotatable bonds is 3. The lowest BCUT2D eigenvalue weighted by Gasteiger charge is -2.33. The highest BCUT2D eigenvalue weighted by Crippen LogP contribution is 2.29. The molecular formula is C16H21N3O3. The van der Waals surface area contributed by atoms with Gasteiger partial charge in [0.15, 0.2) is 6.61 Å². The van der Waals surface area contributed by atoms with E-state index in [9.17, 15) is 9.59 Å². The van der Waals surface area contributed by atoms with Crippen molar-refractivity contribution in [3.05, 3.63) is 23.8 Å². The summed E-state index contributed by atoms with van der Waals surface area (Å²) < 4.78 is 5.32. The molecule has 6 nitrogen and oxygen atoms in total. The Labute approximate surface area is 129 Å². The molecule has 2 aliphatic rings. The van der Waals surface area contributed by atoms with Gasteiger partial charge >= 0.3 is 0 Å². The van der Waals surface area contributed by atoms with E-state index >= 15 is 0 Å². The minimum absolute atomic E-state index is 0.0171. The second kappa shape index (κ2) is 6.36. The van der Waals surface area contributed by atoms with Crippen molar-refractivity contribution in [3.63, 3.8) is 0 Å². The van der Waals surface area contributed by atoms with Gasteiger partial charge in [-0.3, -0.25) is 9.59 Å². The summed E-state index contributed by atoms with van der Waals surface area (Å²) in [6.07, 6.45) is 2.18. The van der Waals surface area contributed by atoms with Crippen molar-refractivity contribution in [2.75, 3.05) is 38.6 Å². The number of hydrogen-bond donors (Lipinski definition) is 2. The van der Waals surface area contributed by atoms with E-state index in [0.29, 0.717) is 22.9 Å². The first-order valence-corrected chi connectivity index (χ1v) is 7.68. The monoisotopic (exact) mass is 303 g/mol. The number of ether oxygens (including phenoxy) is 1. The highest BCUT2D eigenvalue weighted by molar-refractivity contribution is 5.99. The molecule has 118 valence electrons. The number of likely N-dealkylation sites (tertiary alicyclic amines) is 1. The second-order valence-corrected chi connectivity index (χ2v) is 5.86. The first-order valence-electron chi connectivity index (χ1n) is 7.68. The summed E-state index contributed by atoms with van der Waals surface area (Å²) in [5.74, 6) is 0.943. The van der Waals surface area contributed by atoms with E-state index in [4.69, 9.17) is 4.74 Å². The summed E-state index contributed by atoms with van der Waals surface area (Å²) in [5.41, 5.74) is 1.17. The Morgan fingerprint density at radius 1 is 1.50 bits per heavy atom. The van der Waals surface area contributed by atoms with Crippen LogP contribution >= 0.6 is 0 Å². The predicted molar refractivity (Wildman–Crippen MR) is 83.1 cm³/mol. The quantitative estimate of drug-likeness (QED) is 0.877. The Hall–Kier alpha value is -2.08. The van der Waals surface area contributed by atoms with Gasteiger partial charge in [0.2, 0.25) is 0 Å². The van der Waals surface area contributed by atoms with E-state index in [-0.39, 0.29) is 18.4 Å². The molecule has 0 radical (unpaired) electrons. The number of carbonyl (C=O) groups is 2. The standard InChI is InChI=1S/C16H21N3O3/c1-17-8-11-3-2-6-19(9-11)16(21)12-4-5-14-13(7-12)18-15(20)10-22-14/h4-5,7,11,17H,2-3,6,8-10H2,1H3,(H,18,20)/t11-/m1/s1. The molecule has 0 saturated carbocycles. The van der Waals surface area contributed by atoms with Gasteiger partial charge in [-0.15, -0.1) is 0 Å². The lowest BCUT2D eigenvalue weighted by molar-refractivity contribution is -0.118. The molecule has 2 aliphatic heterocycles. The van der Waals surface area contributed by atoms with E-state index in [1.54, 1.807) is 18.2 Å². The van der Waals surface area contributed by atoms with Crippen LogP contribution in [-0.4, -0.2) is 50.0 Å². The first kappa shape index (κ1) is 14.8. The predicted octanol–water partition coefficient (Wildman–Crippen LogP) is 1.09. The first-order chi connectivity index (χ1) is 10.7. The van der Waals surface area contributed by atoms with Crippen LogP contribution in [-0.2, 0) is 4.79 Å². The lowest BCUT2D eigenvalue weighted by Crippen LogP contribution is -2.42. The Bertz CT molecular complexity index is 586. The molecule has 22 heavy (non-hydrogen) atoms. The minimum atomic E-state index is -0.191. The molecule has 0 aliphatic carbocycles. The van der Waals surface area contributed by atoms with Crippen LogP contribution in [0.2, 0.25) is 0 Å². The fourth-order valence-electron chi connectivity index (χ4n) is 3.10. The molecule has 2 heterocycles. The summed E-state index contributed by atoms with van der Waals surface area (Å²) in [5, 5.41) is 5.92. The van der Waals surface area contributed by atoms with Gasteiger partial charge in [-0.1, -0.05) is 0 Å². The van der Waals surface area contributed by atoms with Crippen molar-refractivity contribution in [1.29, 1.82) is 0 Å². The number of anilines is 1. The molecule has 6 heteroatoms. The molecule has 0 bridgehead atoms. The van der Waals surface area contributed by atoms with Crippen LogP contribution in [0.4, 0.5) is 5.69 Å². The third-order valence-electron chi connectivity index (χ3n) is 4.16. The van der Waals surface area contributed by atoms with E-state index in [2.05, 4.69) is 10.6 Å². The number of amides is 2. The Morgan fingerprint density at radius 3 is 3.18 bits per heavy atom. The summed E-state index contributed by atoms with van der Waals surface area (Å²) >= 11 is 0. The summed E-state index contributed by atoms with van der Waals surface area (Å²) in [4.78, 5) is 26.0. The average Bonchev–Trinajstić information content (AvgIpc) is 2.54. The zero-order chi connectivity index (χ0) is 15.5. The molecule has 0 unspecified atom stereocenters. The van der Waals surface area contributed by atoms with Gasteiger partial charge in [0.1, 0.15) is 5.75 Å². The molecular weight excluding hydrogens is 282 g/mol. The highest BCUT2D eigenvalue weighted by Gasteiger charge is 2.25. The maximum absolute atomic E-state index is 12.7. The van der Waals surface area contributed by atoms with Gasteiger partial charge < -0.3 is 20.3 Å². The van der Waals surface area contributed by atoms with Gasteiger partial charge in [-0.25, -0.2) is 0 Å². The molecule has 3 rings (SSSR count). The van der Waals surface area contributed by atoms with Crippen LogP contribution in [0.25, 0.3) is 0 Å². The molecule has 0 aromatic heterocycles. The summed E-state index contributed by atoms with van der Waals surface area (Å²) in [7, 11) is 1.94. The second-order valence-electron chi connectivity index (χ2n) is 5.86. The van der Waals surface area contributed by atoms with Crippen LogP contribution in [0, 0.1) is 5.92 Å². The lowest BCUT2D eigenvalue weighted by atomic mass is 9.97. The number of fused-ring (bicyclic) bond motifs is 1. The maximum Gasteiger partial charge on any atom is 0.262 e. The van der Waals surface area contributed by atoms with Crippen LogP contribution < -0.4 is 15.4 Å². The van der Waals surface area contributed by atoms with E-state index in [1.807, 2.05) is 11.9 Å². The molecule has 1 aromatic carbocycles. The van der Waals surface area contributed by atoms with Crippen molar-refractivity contribution in [2.45, 2.75) is 12.8 Å². The van der Waals surface area contributed by atoms with Crippen molar-refractivity contribution in [2.24, 2.45) is 5.92 Å². The third-order valence-corrected chi connectivity index (χ3v) is 4.16. The zero-order valence-electron chi connectivity index (χ0n) is 12.7. The smallest absolute Gasteiger partial charge is 0.262 e. The molecule has 1 aromatic rings. The van der Waals surface area contributed by atoms with E-state index < -0.39 is 0 Å². The summed E-state index contributed by atoms with van der Waals surface area (Å²) in [6, 6.07) is 5.22. The fraction of sp³-hybridized carbons (Fsp3) is 0.500. The van der Waals surface area contributed by atoms with Gasteiger partial charge in [0.05, 0.1) is 5.69 Å². The third kappa shape index (κ3) is 3.06. The maximum atomic E-state index is 12.7. The molecule has 2 N–H and O–H groups in total. The van der Waals surface area contributed by atoms with Crippen molar-refractivity contribution in [3.8, 4) is 5.75 Å². The fourth-order valence-corrected chi connectivity index (χ4v) is 3.10. The van der Waals surface area contributed by atoms with Crippen molar-refractivity contribution < 1.29 is 14.3 Å². The Morgan fingerprint density at radius 2 is 2.36 bits per heavy atom. The molecule has 2 amide bonds. The van der Waals surface area contributed by atoms with E-state index in [0.717, 1.165) is 32.5 Å². The summed E-state index contributed by atoms with van der Waals surface area (Å²) in [6.45, 7) is 2.52. The Balaban J connectivity index is 1.74. The Kier molecular flexibility index (Phi) is 4.29. The normalized spacial score (nSPS) is 20.9. The van der Waals surface area contributed by atoms with Crippen LogP contribution in [0.15, 0.2) is 18.2 Å². The number of hydrogen-bond acceptors (Lipinski definition) is 4. The van der Waals surface area contributed by atoms with Gasteiger partial charge in [-0.2, -0.15) is 0 Å². The van der Waals surface area contributed by atoms with Crippen LogP contribution in [0.5, 0.6) is 5.75 Å². The van der Waals surface area contributed by atoms with Crippen molar-refractivity contribution in [1.82, 2.24) is 10.2 Å². The topological polar surface area (TPSA) is 70.7 Å². The van der Waals surface area contributed by atoms with Gasteiger partial charge in [-0.05, 0) is 50.6 Å². The molecule has 0 spiro atoms. The van der Waals surface area contributed by atoms with Crippen LogP contribution in [0.1, 0.15) is 23.2 Å². The minimum Gasteiger partial charge on any atom is -0.482 e. The highest BCUT2D eigenvalue weighted by atomic mass is 16.5.